The highest BCUT2D eigenvalue weighted by Gasteiger charge is 2.67. The van der Waals surface area contributed by atoms with Crippen LogP contribution in [0.15, 0.2) is 77.6 Å². The number of nitrogens with one attached hydrogen (secondary N) is 2. The van der Waals surface area contributed by atoms with E-state index in [0.717, 1.165) is 34.1 Å². The molecule has 9 rings (SSSR count). The summed E-state index contributed by atoms with van der Waals surface area (Å²) in [5, 5.41) is 11.0. The van der Waals surface area contributed by atoms with Gasteiger partial charge in [-0.1, -0.05) is 55.8 Å². The summed E-state index contributed by atoms with van der Waals surface area (Å²) in [6.45, 7) is 3.13. The van der Waals surface area contributed by atoms with Gasteiger partial charge < -0.3 is 5.32 Å². The van der Waals surface area contributed by atoms with Crippen molar-refractivity contribution in [1.82, 2.24) is 34.4 Å². The Morgan fingerprint density at radius 2 is 1.66 bits per heavy atom. The third-order valence-corrected chi connectivity index (χ3v) is 12.6. The van der Waals surface area contributed by atoms with Gasteiger partial charge >= 0.3 is 0 Å². The molecule has 2 N–H and O–H groups in total. The zero-order valence-electron chi connectivity index (χ0n) is 34.3. The number of anilines is 1. The first-order valence-corrected chi connectivity index (χ1v) is 22.3. The van der Waals surface area contributed by atoms with Crippen LogP contribution in [0.1, 0.15) is 78.5 Å². The first kappa shape index (κ1) is 43.1. The predicted octanol–water partition coefficient (Wildman–Crippen LogP) is 8.81. The number of aryl methyl sites for hydroxylation is 1. The van der Waals surface area contributed by atoms with Crippen LogP contribution in [-0.2, 0) is 40.8 Å². The average Bonchev–Trinajstić information content (AvgIpc) is 3.75. The minimum absolute atomic E-state index is 0.000448. The summed E-state index contributed by atoms with van der Waals surface area (Å²) in [6, 6.07) is 16.6. The maximum atomic E-state index is 15.6. The van der Waals surface area contributed by atoms with Gasteiger partial charge in [0.15, 0.2) is 5.82 Å². The fourth-order valence-corrected chi connectivity index (χ4v) is 9.56. The van der Waals surface area contributed by atoms with Crippen LogP contribution in [0, 0.1) is 17.6 Å². The van der Waals surface area contributed by atoms with E-state index in [-0.39, 0.29) is 67.6 Å². The molecule has 2 aliphatic rings. The van der Waals surface area contributed by atoms with E-state index in [1.807, 2.05) is 24.3 Å². The number of hydrogen-bond acceptors (Lipinski definition) is 7. The van der Waals surface area contributed by atoms with Gasteiger partial charge in [-0.15, -0.1) is 0 Å². The molecule has 4 aromatic carbocycles. The number of amides is 1. The van der Waals surface area contributed by atoms with Gasteiger partial charge in [-0.3, -0.25) is 28.2 Å². The number of nitrogens with zero attached hydrogens (tertiary/aromatic N) is 6. The molecule has 0 unspecified atom stereocenters. The number of carbonyl (C=O) groups is 1. The second-order valence-corrected chi connectivity index (χ2v) is 18.7. The average molecular weight is 923 g/mol. The topological polar surface area (TPSA) is 146 Å². The van der Waals surface area contributed by atoms with Crippen molar-refractivity contribution in [2.45, 2.75) is 63.5 Å². The molecule has 64 heavy (non-hydrogen) atoms. The lowest BCUT2D eigenvalue weighted by Crippen LogP contribution is -2.38. The Balaban J connectivity index is 1.25. The molecule has 12 nitrogen and oxygen atoms in total. The lowest BCUT2D eigenvalue weighted by molar-refractivity contribution is -0.123. The first-order chi connectivity index (χ1) is 30.2. The van der Waals surface area contributed by atoms with E-state index in [2.05, 4.69) is 34.1 Å². The largest absolute Gasteiger partial charge is 0.344 e. The zero-order chi connectivity index (χ0) is 45.7. The maximum absolute atomic E-state index is 15.6. The normalized spacial score (nSPS) is 17.0. The van der Waals surface area contributed by atoms with Crippen molar-refractivity contribution in [3.05, 3.63) is 134 Å². The number of alkyl halides is 4. The standard InChI is InChI=1S/C44H37ClF6N8O4S/c1-20(2)22-5-7-23(8-6-22)24-9-10-27-31(16-24)53-42(59(43(27)61)33-12-11-30(45)36-38(33)57(3)55-41(36)56-64(4,62)63)32(15-21-13-25(46)17-26(47)14-21)52-34(60)19-58-39-35(37(54-58)40(48)49)28-18-29(28)44(39,50)51/h5-14,16-17,20,28-29,32,40H,15,18-19H2,1-4H3,(H,52,60)(H,55,56)/t28-,29+,32-/m0/s1. The summed E-state index contributed by atoms with van der Waals surface area (Å²) < 4.78 is 119. The Morgan fingerprint density at radius 1 is 0.969 bits per heavy atom. The molecule has 0 bridgehead atoms. The van der Waals surface area contributed by atoms with Crippen molar-refractivity contribution in [2.24, 2.45) is 13.0 Å². The molecule has 3 atom stereocenters. The second kappa shape index (κ2) is 15.5. The SMILES string of the molecule is CC(C)c1ccc(-c2ccc3c(=O)n(-c4ccc(Cl)c5c(NS(C)(=O)=O)nn(C)c45)c([C@H](Cc4cc(F)cc(F)c4)NC(=O)Cn4nc(C(F)F)c5c4C(F)(F)[C@@H]4C[C@H]54)nc3c2)cc1. The van der Waals surface area contributed by atoms with Crippen LogP contribution in [-0.4, -0.2) is 49.7 Å². The van der Waals surface area contributed by atoms with Gasteiger partial charge in [0.05, 0.1) is 44.8 Å². The minimum Gasteiger partial charge on any atom is -0.344 e. The van der Waals surface area contributed by atoms with E-state index in [9.17, 15) is 30.8 Å². The molecule has 0 saturated heterocycles. The molecule has 1 saturated carbocycles. The first-order valence-electron chi connectivity index (χ1n) is 20.0. The van der Waals surface area contributed by atoms with E-state index in [0.29, 0.717) is 16.3 Å². The smallest absolute Gasteiger partial charge is 0.293 e. The van der Waals surface area contributed by atoms with Crippen LogP contribution >= 0.6 is 11.6 Å². The Kier molecular flexibility index (Phi) is 10.4. The quantitative estimate of drug-likeness (QED) is 0.117. The second-order valence-electron chi connectivity index (χ2n) is 16.5. The number of benzene rings is 4. The van der Waals surface area contributed by atoms with Crippen molar-refractivity contribution in [3.63, 3.8) is 0 Å². The Bertz CT molecular complexity index is 3220. The van der Waals surface area contributed by atoms with E-state index in [1.165, 1.54) is 23.9 Å². The molecular weight excluding hydrogens is 886 g/mol. The predicted molar refractivity (Wildman–Crippen MR) is 227 cm³/mol. The molecule has 0 spiro atoms. The van der Waals surface area contributed by atoms with Crippen molar-refractivity contribution in [3.8, 4) is 16.8 Å². The number of hydrogen-bond donors (Lipinski definition) is 2. The summed E-state index contributed by atoms with van der Waals surface area (Å²) >= 11 is 6.65. The van der Waals surface area contributed by atoms with Crippen LogP contribution in [0.2, 0.25) is 5.02 Å². The van der Waals surface area contributed by atoms with Gasteiger partial charge in [-0.2, -0.15) is 19.0 Å². The van der Waals surface area contributed by atoms with Gasteiger partial charge in [-0.05, 0) is 76.9 Å². The van der Waals surface area contributed by atoms with Gasteiger partial charge in [0.25, 0.3) is 17.9 Å². The van der Waals surface area contributed by atoms with Gasteiger partial charge in [-0.25, -0.2) is 31.0 Å². The summed E-state index contributed by atoms with van der Waals surface area (Å²) in [4.78, 5) is 34.2. The van der Waals surface area contributed by atoms with Crippen LogP contribution in [0.3, 0.4) is 0 Å². The Labute approximate surface area is 365 Å². The van der Waals surface area contributed by atoms with E-state index in [1.54, 1.807) is 18.2 Å². The highest BCUT2D eigenvalue weighted by atomic mass is 35.5. The molecule has 20 heteroatoms. The summed E-state index contributed by atoms with van der Waals surface area (Å²) in [5.74, 6) is -8.68. The highest BCUT2D eigenvalue weighted by molar-refractivity contribution is 7.92. The van der Waals surface area contributed by atoms with Gasteiger partial charge in [0.2, 0.25) is 15.9 Å². The number of aromatic nitrogens is 6. The van der Waals surface area contributed by atoms with Crippen LogP contribution in [0.5, 0.6) is 0 Å². The summed E-state index contributed by atoms with van der Waals surface area (Å²) in [5.41, 5.74) is 0.187. The number of carbonyl (C=O) groups excluding carboxylic acids is 1. The molecule has 0 aliphatic heterocycles. The molecule has 332 valence electrons. The third kappa shape index (κ3) is 7.57. The lowest BCUT2D eigenvalue weighted by atomic mass is 9.98. The fraction of sp³-hybridized carbons (Fsp3) is 0.295. The fourth-order valence-electron chi connectivity index (χ4n) is 8.82. The van der Waals surface area contributed by atoms with Crippen molar-refractivity contribution in [1.29, 1.82) is 0 Å². The van der Waals surface area contributed by atoms with E-state index >= 15 is 13.6 Å². The minimum atomic E-state index is -3.91. The molecule has 3 aromatic heterocycles. The monoisotopic (exact) mass is 922 g/mol. The van der Waals surface area contributed by atoms with Crippen molar-refractivity contribution < 1.29 is 39.6 Å². The summed E-state index contributed by atoms with van der Waals surface area (Å²) in [6.07, 6.45) is -2.74. The molecule has 3 heterocycles. The van der Waals surface area contributed by atoms with Crippen LogP contribution in [0.4, 0.5) is 32.2 Å². The number of sulfonamides is 1. The lowest BCUT2D eigenvalue weighted by Gasteiger charge is -2.24. The molecular formula is C44H37ClF6N8O4S. The Hall–Kier alpha value is -6.21. The highest BCUT2D eigenvalue weighted by Crippen LogP contribution is 2.68. The van der Waals surface area contributed by atoms with Crippen LogP contribution in [0.25, 0.3) is 38.6 Å². The van der Waals surface area contributed by atoms with Crippen molar-refractivity contribution >= 4 is 55.2 Å². The summed E-state index contributed by atoms with van der Waals surface area (Å²) in [7, 11) is -2.44. The van der Waals surface area contributed by atoms with Crippen LogP contribution < -0.4 is 15.6 Å². The molecule has 2 aliphatic carbocycles. The maximum Gasteiger partial charge on any atom is 0.293 e. The van der Waals surface area contributed by atoms with E-state index < -0.39 is 87.7 Å². The van der Waals surface area contributed by atoms with Gasteiger partial charge in [0, 0.05) is 31.0 Å². The number of rotatable bonds is 12. The van der Waals surface area contributed by atoms with Crippen molar-refractivity contribution in [2.75, 3.05) is 11.0 Å². The third-order valence-electron chi connectivity index (χ3n) is 11.7. The number of halogens is 7. The van der Waals surface area contributed by atoms with Gasteiger partial charge in [0.1, 0.15) is 35.4 Å². The molecule has 1 amide bonds. The Morgan fingerprint density at radius 3 is 2.31 bits per heavy atom. The molecule has 1 fully saturated rings. The van der Waals surface area contributed by atoms with E-state index in [4.69, 9.17) is 16.6 Å². The number of fused-ring (bicyclic) bond motifs is 5. The molecule has 7 aromatic rings. The molecule has 0 radical (unpaired) electrons. The zero-order valence-corrected chi connectivity index (χ0v) is 35.9.